The van der Waals surface area contributed by atoms with Crippen molar-refractivity contribution in [1.82, 2.24) is 0 Å². The van der Waals surface area contributed by atoms with Crippen LogP contribution < -0.4 is 0 Å². The summed E-state index contributed by atoms with van der Waals surface area (Å²) in [6.07, 6.45) is 0. The first kappa shape index (κ1) is 10.4. The van der Waals surface area contributed by atoms with Crippen molar-refractivity contribution >= 4 is 15.7 Å². The smallest absolute Gasteiger partial charge is 0 e. The van der Waals surface area contributed by atoms with Gasteiger partial charge in [-0.15, -0.1) is 0 Å². The molecule has 43 valence electrons. The first-order valence-corrected chi connectivity index (χ1v) is 4.48. The first-order valence-electron chi connectivity index (χ1n) is 1.49. The van der Waals surface area contributed by atoms with Crippen LogP contribution in [0.25, 0.3) is 0 Å². The summed E-state index contributed by atoms with van der Waals surface area (Å²) in [4.78, 5) is 24.7. The van der Waals surface area contributed by atoms with Gasteiger partial charge < -0.3 is 0 Å². The number of hydrogen-bond acceptors (Lipinski definition) is 3. The van der Waals surface area contributed by atoms with Gasteiger partial charge in [-0.2, -0.15) is 0 Å². The van der Waals surface area contributed by atoms with Gasteiger partial charge in [-0.1, -0.05) is 0 Å². The van der Waals surface area contributed by atoms with E-state index in [9.17, 15) is 0 Å². The zero-order chi connectivity index (χ0) is 5.45. The average molecular weight is 123 g/mol. The molecule has 0 heterocycles. The molecule has 3 N–H and O–H groups in total. The average Bonchev–Trinajstić information content (AvgIpc) is 0.650. The van der Waals surface area contributed by atoms with Crippen LogP contribution in [-0.2, 0) is 0 Å². The Kier molecular flexibility index (Phi) is 2.54. The first-order chi connectivity index (χ1) is 2.24. The standard InChI is InChI=1S/C2H9O3P.B/c1-6(2,3,4)5;/h3-5H,1-2H3;. The van der Waals surface area contributed by atoms with Gasteiger partial charge in [-0.3, -0.25) is 0 Å². The van der Waals surface area contributed by atoms with Gasteiger partial charge >= 0.3 is 35.3 Å². The van der Waals surface area contributed by atoms with E-state index in [1.165, 1.54) is 0 Å². The molecule has 7 heavy (non-hydrogen) atoms. The molecule has 0 aromatic heterocycles. The maximum absolute atomic E-state index is 8.23. The summed E-state index contributed by atoms with van der Waals surface area (Å²) in [5.74, 6) is 0. The molecule has 0 aliphatic carbocycles. The second kappa shape index (κ2) is 1.71. The summed E-state index contributed by atoms with van der Waals surface area (Å²) in [5, 5.41) is 0. The Morgan fingerprint density at radius 3 is 1.00 bits per heavy atom. The summed E-state index contributed by atoms with van der Waals surface area (Å²) in [6, 6.07) is 0. The van der Waals surface area contributed by atoms with Crippen molar-refractivity contribution < 1.29 is 14.7 Å². The maximum Gasteiger partial charge on any atom is 0 e. The Morgan fingerprint density at radius 1 is 1.00 bits per heavy atom. The van der Waals surface area contributed by atoms with E-state index in [1.54, 1.807) is 0 Å². The van der Waals surface area contributed by atoms with Crippen LogP contribution in [-0.4, -0.2) is 36.4 Å². The third kappa shape index (κ3) is 868. The molecule has 0 fully saturated rings. The second-order valence-electron chi connectivity index (χ2n) is 1.92. The Bertz CT molecular complexity index is 46.1. The third-order valence-corrected chi connectivity index (χ3v) is 0. The van der Waals surface area contributed by atoms with Gasteiger partial charge in [-0.05, 0) is 0 Å². The summed E-state index contributed by atoms with van der Waals surface area (Å²) in [6.45, 7) is 2.01. The van der Waals surface area contributed by atoms with Gasteiger partial charge in [0, 0.05) is 8.41 Å². The summed E-state index contributed by atoms with van der Waals surface area (Å²) in [5.41, 5.74) is 0. The van der Waals surface area contributed by atoms with Crippen LogP contribution in [0.4, 0.5) is 0 Å². The van der Waals surface area contributed by atoms with Crippen LogP contribution in [0.3, 0.4) is 0 Å². The predicted octanol–water partition coefficient (Wildman–Crippen LogP) is -0.860. The summed E-state index contributed by atoms with van der Waals surface area (Å²) < 4.78 is 0. The molecular weight excluding hydrogens is 114 g/mol. The van der Waals surface area contributed by atoms with Crippen molar-refractivity contribution in [2.24, 2.45) is 0 Å². The van der Waals surface area contributed by atoms with Crippen LogP contribution in [0.2, 0.25) is 0 Å². The van der Waals surface area contributed by atoms with Crippen LogP contribution in [0.15, 0.2) is 0 Å². The zero-order valence-corrected chi connectivity index (χ0v) is 5.26. The Labute approximate surface area is 44.7 Å². The fourth-order valence-corrected chi connectivity index (χ4v) is 0. The molecular formula is C2H9BO3P. The van der Waals surface area contributed by atoms with Crippen LogP contribution in [0, 0.1) is 0 Å². The van der Waals surface area contributed by atoms with E-state index in [2.05, 4.69) is 0 Å². The zero-order valence-electron chi connectivity index (χ0n) is 4.37. The topological polar surface area (TPSA) is 60.7 Å². The van der Waals surface area contributed by atoms with E-state index >= 15 is 0 Å². The molecule has 0 saturated carbocycles. The molecule has 3 nitrogen and oxygen atoms in total. The van der Waals surface area contributed by atoms with Crippen LogP contribution >= 0.6 is 7.28 Å². The Balaban J connectivity index is 0. The van der Waals surface area contributed by atoms with Gasteiger partial charge in [0.05, 0.1) is 0 Å². The predicted molar refractivity (Wildman–Crippen MR) is 31.2 cm³/mol. The molecule has 0 spiro atoms. The minimum absolute atomic E-state index is 0. The van der Waals surface area contributed by atoms with E-state index in [-0.39, 0.29) is 8.41 Å². The molecule has 0 aromatic rings. The molecule has 0 bridgehead atoms. The van der Waals surface area contributed by atoms with Crippen molar-refractivity contribution in [3.8, 4) is 0 Å². The number of rotatable bonds is 0. The van der Waals surface area contributed by atoms with Crippen molar-refractivity contribution in [3.05, 3.63) is 0 Å². The Hall–Kier alpha value is 0.375. The van der Waals surface area contributed by atoms with E-state index in [1.807, 2.05) is 0 Å². The van der Waals surface area contributed by atoms with E-state index in [0.717, 1.165) is 13.3 Å². The van der Waals surface area contributed by atoms with Crippen molar-refractivity contribution in [2.45, 2.75) is 0 Å². The molecule has 0 aliphatic rings. The molecule has 0 aromatic carbocycles. The fourth-order valence-electron chi connectivity index (χ4n) is 0. The Morgan fingerprint density at radius 2 is 1.00 bits per heavy atom. The third-order valence-electron chi connectivity index (χ3n) is 0. The van der Waals surface area contributed by atoms with Gasteiger partial charge in [0.2, 0.25) is 0 Å². The molecule has 0 atom stereocenters. The summed E-state index contributed by atoms with van der Waals surface area (Å²) in [7, 11) is -4.05. The van der Waals surface area contributed by atoms with E-state index in [4.69, 9.17) is 14.7 Å². The monoisotopic (exact) mass is 123 g/mol. The quantitative estimate of drug-likeness (QED) is 0.290. The SMILES string of the molecule is CP(C)(O)(O)O.[B]. The molecule has 0 aliphatic heterocycles. The normalized spacial score (nSPS) is 16.4. The molecule has 0 amide bonds. The van der Waals surface area contributed by atoms with Crippen molar-refractivity contribution in [2.75, 3.05) is 13.3 Å². The van der Waals surface area contributed by atoms with Crippen LogP contribution in [0.1, 0.15) is 0 Å². The van der Waals surface area contributed by atoms with E-state index < -0.39 is 7.28 Å². The molecule has 5 heteroatoms. The largest absolute Gasteiger partial charge is 0 e. The molecule has 3 radical (unpaired) electrons. The van der Waals surface area contributed by atoms with Crippen LogP contribution in [0.5, 0.6) is 0 Å². The summed E-state index contributed by atoms with van der Waals surface area (Å²) >= 11 is 0. The van der Waals surface area contributed by atoms with Crippen molar-refractivity contribution in [1.29, 1.82) is 0 Å². The van der Waals surface area contributed by atoms with Gasteiger partial charge in [0.25, 0.3) is 0 Å². The minimum Gasteiger partial charge on any atom is 0 e. The van der Waals surface area contributed by atoms with Crippen molar-refractivity contribution in [3.63, 3.8) is 0 Å². The minimum atomic E-state index is -4.05. The van der Waals surface area contributed by atoms with E-state index in [0.29, 0.717) is 0 Å². The van der Waals surface area contributed by atoms with Gasteiger partial charge in [0.15, 0.2) is 0 Å². The van der Waals surface area contributed by atoms with Gasteiger partial charge in [-0.25, -0.2) is 0 Å². The van der Waals surface area contributed by atoms with Gasteiger partial charge in [0.1, 0.15) is 0 Å². The molecule has 0 unspecified atom stereocenters. The number of hydrogen-bond donors (Lipinski definition) is 3. The second-order valence-corrected chi connectivity index (χ2v) is 5.75. The maximum atomic E-state index is 8.23. The molecule has 0 rings (SSSR count). The molecule has 0 saturated heterocycles. The fraction of sp³-hybridized carbons (Fsp3) is 1.00.